The average Bonchev–Trinajstić information content (AvgIpc) is 3.32. The molecule has 0 aliphatic rings. The predicted molar refractivity (Wildman–Crippen MR) is 113 cm³/mol. The Labute approximate surface area is 183 Å². The fourth-order valence-corrected chi connectivity index (χ4v) is 4.04. The molecule has 0 aliphatic heterocycles. The third-order valence-electron chi connectivity index (χ3n) is 4.02. The van der Waals surface area contributed by atoms with E-state index in [-0.39, 0.29) is 27.2 Å². The first-order valence-electron chi connectivity index (χ1n) is 8.66. The van der Waals surface area contributed by atoms with Crippen molar-refractivity contribution in [2.45, 2.75) is 4.90 Å². The Kier molecular flexibility index (Phi) is 5.48. The average molecular weight is 472 g/mol. The predicted octanol–water partition coefficient (Wildman–Crippen LogP) is 3.13. The minimum absolute atomic E-state index is 0.0838. The Balaban J connectivity index is 1.77. The second-order valence-electron chi connectivity index (χ2n) is 6.04. The van der Waals surface area contributed by atoms with Crippen molar-refractivity contribution in [2.24, 2.45) is 10.2 Å². The number of thiazole rings is 1. The highest BCUT2D eigenvalue weighted by atomic mass is 32.2. The number of hydrogen-bond acceptors (Lipinski definition) is 10. The summed E-state index contributed by atoms with van der Waals surface area (Å²) in [6.07, 6.45) is 2.37. The van der Waals surface area contributed by atoms with Crippen LogP contribution < -0.4 is 5.56 Å². The number of hydrogen-bond donors (Lipinski definition) is 2. The van der Waals surface area contributed by atoms with Crippen LogP contribution in [-0.2, 0) is 14.9 Å². The molecule has 4 rings (SSSR count). The van der Waals surface area contributed by atoms with Crippen LogP contribution in [-0.4, -0.2) is 38.7 Å². The highest BCUT2D eigenvalue weighted by molar-refractivity contribution is 7.85. The fraction of sp³-hybridized carbons (Fsp3) is 0. The molecule has 4 aromatic rings. The fourth-order valence-electron chi connectivity index (χ4n) is 2.63. The van der Waals surface area contributed by atoms with Crippen LogP contribution in [0, 0.1) is 0 Å². The number of pyridine rings is 1. The van der Waals surface area contributed by atoms with E-state index in [4.69, 9.17) is 4.74 Å². The number of carbonyl (C=O) groups excluding carboxylic acids is 1. The van der Waals surface area contributed by atoms with Crippen LogP contribution in [0.2, 0.25) is 0 Å². The molecule has 0 atom stereocenters. The van der Waals surface area contributed by atoms with Crippen molar-refractivity contribution >= 4 is 48.5 Å². The quantitative estimate of drug-likeness (QED) is 0.187. The van der Waals surface area contributed by atoms with Crippen molar-refractivity contribution < 1.29 is 22.5 Å². The highest BCUT2D eigenvalue weighted by Gasteiger charge is 2.23. The Morgan fingerprint density at radius 3 is 2.78 bits per heavy atom. The molecule has 0 aliphatic carbocycles. The molecule has 3 aromatic heterocycles. The number of aromatic amines is 1. The van der Waals surface area contributed by atoms with Gasteiger partial charge in [-0.1, -0.05) is 24.0 Å². The van der Waals surface area contributed by atoms with Gasteiger partial charge in [-0.05, 0) is 30.3 Å². The van der Waals surface area contributed by atoms with Gasteiger partial charge >= 0.3 is 11.5 Å². The number of azo groups is 1. The van der Waals surface area contributed by atoms with Crippen molar-refractivity contribution in [3.8, 4) is 5.82 Å². The Morgan fingerprint density at radius 2 is 2.09 bits per heavy atom. The number of benzene rings is 1. The summed E-state index contributed by atoms with van der Waals surface area (Å²) in [6, 6.07) is 8.68. The molecule has 0 saturated carbocycles. The summed E-state index contributed by atoms with van der Waals surface area (Å²) in [6.45, 7) is 3.31. The molecule has 14 heteroatoms. The first-order chi connectivity index (χ1) is 15.3. The maximum Gasteiger partial charge on any atom is 0.363 e. The van der Waals surface area contributed by atoms with E-state index in [9.17, 15) is 22.6 Å². The molecule has 0 bridgehead atoms. The zero-order valence-electron chi connectivity index (χ0n) is 15.9. The maximum absolute atomic E-state index is 12.8. The summed E-state index contributed by atoms with van der Waals surface area (Å²) < 4.78 is 38.0. The molecule has 162 valence electrons. The molecule has 2 N–H and O–H groups in total. The third-order valence-corrected chi connectivity index (χ3v) is 5.77. The lowest BCUT2D eigenvalue weighted by atomic mass is 10.3. The van der Waals surface area contributed by atoms with Crippen molar-refractivity contribution in [1.82, 2.24) is 19.7 Å². The minimum atomic E-state index is -4.38. The smallest absolute Gasteiger partial charge is 0.363 e. The molecule has 3 heterocycles. The van der Waals surface area contributed by atoms with Crippen LogP contribution >= 0.6 is 11.3 Å². The normalized spacial score (nSPS) is 11.8. The SMILES string of the molecule is C=COC(=O)c1[nH]n(-c2ccccn2)c(=O)c1N=Nc1nc2ccc(S(=O)(=O)O)cc2s1. The number of H-pyrrole nitrogens is 1. The molecule has 0 radical (unpaired) electrons. The molecule has 0 amide bonds. The standard InChI is InChI=1S/C18H12N6O6S2/c1-2-30-17(26)15-14(16(25)24(23-15)13-5-3-4-8-19-13)21-22-18-20-11-7-6-10(32(27,28)29)9-12(11)31-18/h2-9,23H,1H2,(H,27,28,29). The summed E-state index contributed by atoms with van der Waals surface area (Å²) in [7, 11) is -4.38. The van der Waals surface area contributed by atoms with Crippen LogP contribution in [0.4, 0.5) is 10.8 Å². The summed E-state index contributed by atoms with van der Waals surface area (Å²) in [5.41, 5.74) is -0.930. The first-order valence-corrected chi connectivity index (χ1v) is 10.9. The number of ether oxygens (including phenoxy) is 1. The second kappa shape index (κ2) is 8.26. The van der Waals surface area contributed by atoms with Gasteiger partial charge in [-0.2, -0.15) is 13.1 Å². The van der Waals surface area contributed by atoms with Gasteiger partial charge in [-0.15, -0.1) is 10.2 Å². The van der Waals surface area contributed by atoms with Gasteiger partial charge in [0, 0.05) is 6.20 Å². The summed E-state index contributed by atoms with van der Waals surface area (Å²) in [5, 5.41) is 10.5. The van der Waals surface area contributed by atoms with Crippen molar-refractivity contribution in [3.05, 3.63) is 71.5 Å². The highest BCUT2D eigenvalue weighted by Crippen LogP contribution is 2.31. The van der Waals surface area contributed by atoms with E-state index in [1.807, 2.05) is 0 Å². The van der Waals surface area contributed by atoms with Gasteiger partial charge in [0.15, 0.2) is 17.2 Å². The van der Waals surface area contributed by atoms with E-state index in [0.717, 1.165) is 22.3 Å². The topological polar surface area (TPSA) is 169 Å². The number of nitrogens with one attached hydrogen (secondary N) is 1. The lowest BCUT2D eigenvalue weighted by Crippen LogP contribution is -2.15. The van der Waals surface area contributed by atoms with E-state index in [1.54, 1.807) is 18.2 Å². The first kappa shape index (κ1) is 21.2. The third kappa shape index (κ3) is 4.09. The number of esters is 1. The number of carbonyl (C=O) groups is 1. The van der Waals surface area contributed by atoms with E-state index in [0.29, 0.717) is 10.2 Å². The van der Waals surface area contributed by atoms with Crippen LogP contribution in [0.15, 0.2) is 75.4 Å². The number of nitrogens with zero attached hydrogens (tertiary/aromatic N) is 5. The largest absolute Gasteiger partial charge is 0.430 e. The number of rotatable bonds is 6. The lowest BCUT2D eigenvalue weighted by Gasteiger charge is -1.99. The van der Waals surface area contributed by atoms with Gasteiger partial charge in [-0.3, -0.25) is 14.4 Å². The monoisotopic (exact) mass is 472 g/mol. The second-order valence-corrected chi connectivity index (χ2v) is 8.47. The summed E-state index contributed by atoms with van der Waals surface area (Å²) in [5.74, 6) is -0.702. The van der Waals surface area contributed by atoms with Crippen molar-refractivity contribution in [3.63, 3.8) is 0 Å². The molecule has 0 saturated heterocycles. The number of aromatic nitrogens is 4. The number of fused-ring (bicyclic) bond motifs is 1. The van der Waals surface area contributed by atoms with Gasteiger partial charge in [0.2, 0.25) is 5.13 Å². The van der Waals surface area contributed by atoms with E-state index < -0.39 is 21.6 Å². The molecular weight excluding hydrogens is 460 g/mol. The molecule has 0 fully saturated rings. The Bertz CT molecular complexity index is 1540. The zero-order valence-corrected chi connectivity index (χ0v) is 17.5. The maximum atomic E-state index is 12.8. The van der Waals surface area contributed by atoms with Crippen molar-refractivity contribution in [1.29, 1.82) is 0 Å². The Hall–Kier alpha value is -4.01. The van der Waals surface area contributed by atoms with E-state index in [1.165, 1.54) is 24.4 Å². The molecule has 32 heavy (non-hydrogen) atoms. The van der Waals surface area contributed by atoms with Crippen LogP contribution in [0.1, 0.15) is 10.5 Å². The summed E-state index contributed by atoms with van der Waals surface area (Å²) >= 11 is 0.970. The van der Waals surface area contributed by atoms with Crippen LogP contribution in [0.5, 0.6) is 0 Å². The van der Waals surface area contributed by atoms with Crippen LogP contribution in [0.25, 0.3) is 16.0 Å². The van der Waals surface area contributed by atoms with Crippen molar-refractivity contribution in [2.75, 3.05) is 0 Å². The van der Waals surface area contributed by atoms with Gasteiger partial charge in [-0.25, -0.2) is 14.8 Å². The minimum Gasteiger partial charge on any atom is -0.430 e. The summed E-state index contributed by atoms with van der Waals surface area (Å²) in [4.78, 5) is 33.0. The molecule has 0 unspecified atom stereocenters. The molecule has 1 aromatic carbocycles. The zero-order chi connectivity index (χ0) is 22.9. The van der Waals surface area contributed by atoms with Gasteiger partial charge in [0.1, 0.15) is 0 Å². The molecular formula is C18H12N6O6S2. The van der Waals surface area contributed by atoms with E-state index in [2.05, 4.69) is 31.9 Å². The molecule has 12 nitrogen and oxygen atoms in total. The molecule has 0 spiro atoms. The van der Waals surface area contributed by atoms with Crippen LogP contribution in [0.3, 0.4) is 0 Å². The lowest BCUT2D eigenvalue weighted by molar-refractivity contribution is 0.0658. The van der Waals surface area contributed by atoms with Gasteiger partial charge in [0.25, 0.3) is 10.1 Å². The van der Waals surface area contributed by atoms with Gasteiger partial charge < -0.3 is 4.74 Å². The van der Waals surface area contributed by atoms with E-state index >= 15 is 0 Å². The Morgan fingerprint density at radius 1 is 1.28 bits per heavy atom. The van der Waals surface area contributed by atoms with Gasteiger partial charge in [0.05, 0.1) is 21.4 Å².